The second-order valence-corrected chi connectivity index (χ2v) is 8.98. The lowest BCUT2D eigenvalue weighted by molar-refractivity contribution is 0.221. The summed E-state index contributed by atoms with van der Waals surface area (Å²) in [6.07, 6.45) is 7.72. The molecule has 1 saturated heterocycles. The van der Waals surface area contributed by atoms with Crippen LogP contribution in [0.25, 0.3) is 10.6 Å². The zero-order valence-electron chi connectivity index (χ0n) is 18.6. The summed E-state index contributed by atoms with van der Waals surface area (Å²) in [6.45, 7) is 8.41. The molecule has 0 aliphatic carbocycles. The molecule has 0 radical (unpaired) electrons. The average Bonchev–Trinajstić information content (AvgIpc) is 3.17. The van der Waals surface area contributed by atoms with E-state index in [9.17, 15) is 0 Å². The molecule has 8 heteroatoms. The molecule has 0 atom stereocenters. The van der Waals surface area contributed by atoms with Crippen molar-refractivity contribution in [1.29, 1.82) is 0 Å². The van der Waals surface area contributed by atoms with Crippen LogP contribution in [0.15, 0.2) is 34.5 Å². The SMILES string of the molecule is C/C(=N\N=C(N)N)c1sc(-c2ccc(OCCCCCN3CCCCC3)cc2)nc1C. The van der Waals surface area contributed by atoms with Gasteiger partial charge in [-0.25, -0.2) is 4.98 Å². The van der Waals surface area contributed by atoms with Crippen molar-refractivity contribution in [3.05, 3.63) is 34.8 Å². The minimum atomic E-state index is -0.0562. The van der Waals surface area contributed by atoms with Gasteiger partial charge in [-0.15, -0.1) is 16.4 Å². The Labute approximate surface area is 189 Å². The number of nitrogens with two attached hydrogens (primary N) is 2. The second kappa shape index (κ2) is 11.8. The summed E-state index contributed by atoms with van der Waals surface area (Å²) < 4.78 is 5.92. The van der Waals surface area contributed by atoms with Gasteiger partial charge in [-0.05, 0) is 89.9 Å². The van der Waals surface area contributed by atoms with Gasteiger partial charge in [0.25, 0.3) is 0 Å². The Hall–Kier alpha value is -2.45. The number of aromatic nitrogens is 1. The van der Waals surface area contributed by atoms with Crippen LogP contribution in [0.4, 0.5) is 0 Å². The van der Waals surface area contributed by atoms with Crippen LogP contribution >= 0.6 is 11.3 Å². The van der Waals surface area contributed by atoms with Crippen molar-refractivity contribution in [1.82, 2.24) is 9.88 Å². The average molecular weight is 443 g/mol. The Balaban J connectivity index is 1.45. The van der Waals surface area contributed by atoms with Crippen LogP contribution < -0.4 is 16.2 Å². The van der Waals surface area contributed by atoms with Crippen molar-refractivity contribution in [2.24, 2.45) is 21.7 Å². The molecule has 168 valence electrons. The maximum absolute atomic E-state index is 5.92. The van der Waals surface area contributed by atoms with Crippen molar-refractivity contribution < 1.29 is 4.74 Å². The van der Waals surface area contributed by atoms with Crippen LogP contribution in [0, 0.1) is 6.92 Å². The highest BCUT2D eigenvalue weighted by atomic mass is 32.1. The number of nitrogens with zero attached hydrogens (tertiary/aromatic N) is 4. The van der Waals surface area contributed by atoms with Crippen LogP contribution in [-0.2, 0) is 0 Å². The minimum Gasteiger partial charge on any atom is -0.494 e. The fourth-order valence-electron chi connectivity index (χ4n) is 3.71. The fraction of sp³-hybridized carbons (Fsp3) is 0.522. The summed E-state index contributed by atoms with van der Waals surface area (Å²) in [5, 5.41) is 8.73. The highest BCUT2D eigenvalue weighted by Gasteiger charge is 2.12. The fourth-order valence-corrected chi connectivity index (χ4v) is 4.73. The molecule has 1 aliphatic rings. The number of rotatable bonds is 10. The smallest absolute Gasteiger partial charge is 0.211 e. The highest BCUT2D eigenvalue weighted by molar-refractivity contribution is 7.17. The summed E-state index contributed by atoms with van der Waals surface area (Å²) >= 11 is 1.58. The molecule has 3 rings (SSSR count). The third-order valence-corrected chi connectivity index (χ3v) is 6.69. The lowest BCUT2D eigenvalue weighted by atomic mass is 10.1. The van der Waals surface area contributed by atoms with Crippen molar-refractivity contribution in [2.45, 2.75) is 52.4 Å². The summed E-state index contributed by atoms with van der Waals surface area (Å²) in [4.78, 5) is 8.25. The number of likely N-dealkylation sites (tertiary alicyclic amines) is 1. The van der Waals surface area contributed by atoms with Crippen LogP contribution in [0.5, 0.6) is 5.75 Å². The monoisotopic (exact) mass is 442 g/mol. The van der Waals surface area contributed by atoms with E-state index >= 15 is 0 Å². The highest BCUT2D eigenvalue weighted by Crippen LogP contribution is 2.29. The Kier molecular flexibility index (Phi) is 8.85. The van der Waals surface area contributed by atoms with E-state index in [0.29, 0.717) is 0 Å². The van der Waals surface area contributed by atoms with Crippen LogP contribution in [-0.4, -0.2) is 47.8 Å². The number of guanidine groups is 1. The third kappa shape index (κ3) is 7.33. The molecule has 1 fully saturated rings. The van der Waals surface area contributed by atoms with Crippen LogP contribution in [0.2, 0.25) is 0 Å². The molecule has 31 heavy (non-hydrogen) atoms. The Bertz CT molecular complexity index is 880. The van der Waals surface area contributed by atoms with E-state index in [1.165, 1.54) is 51.7 Å². The molecule has 0 spiro atoms. The molecular weight excluding hydrogens is 408 g/mol. The van der Waals surface area contributed by atoms with Crippen molar-refractivity contribution in [3.8, 4) is 16.3 Å². The number of hydrogen-bond acceptors (Lipinski definition) is 6. The van der Waals surface area contributed by atoms with E-state index in [2.05, 4.69) is 32.2 Å². The van der Waals surface area contributed by atoms with E-state index in [-0.39, 0.29) is 5.96 Å². The molecule has 0 amide bonds. The maximum atomic E-state index is 5.92. The van der Waals surface area contributed by atoms with E-state index in [4.69, 9.17) is 16.2 Å². The second-order valence-electron chi connectivity index (χ2n) is 7.98. The predicted octanol–water partition coefficient (Wildman–Crippen LogP) is 4.15. The van der Waals surface area contributed by atoms with Gasteiger partial charge >= 0.3 is 0 Å². The molecular formula is C23H34N6OS. The predicted molar refractivity (Wildman–Crippen MR) is 130 cm³/mol. The molecule has 0 unspecified atom stereocenters. The lowest BCUT2D eigenvalue weighted by Gasteiger charge is -2.26. The van der Waals surface area contributed by atoms with E-state index in [0.717, 1.165) is 45.6 Å². The van der Waals surface area contributed by atoms with Gasteiger partial charge in [-0.3, -0.25) is 0 Å². The van der Waals surface area contributed by atoms with Gasteiger partial charge in [-0.2, -0.15) is 5.10 Å². The molecule has 0 bridgehead atoms. The first-order chi connectivity index (χ1) is 15.0. The van der Waals surface area contributed by atoms with Gasteiger partial charge in [0.2, 0.25) is 5.96 Å². The van der Waals surface area contributed by atoms with Crippen molar-refractivity contribution in [2.75, 3.05) is 26.2 Å². The van der Waals surface area contributed by atoms with Gasteiger partial charge in [0.15, 0.2) is 0 Å². The van der Waals surface area contributed by atoms with Gasteiger partial charge < -0.3 is 21.1 Å². The van der Waals surface area contributed by atoms with Crippen molar-refractivity contribution >= 4 is 23.0 Å². The quantitative estimate of drug-likeness (QED) is 0.249. The zero-order chi connectivity index (χ0) is 22.1. The minimum absolute atomic E-state index is 0.0562. The lowest BCUT2D eigenvalue weighted by Crippen LogP contribution is -2.30. The third-order valence-electron chi connectivity index (χ3n) is 5.38. The number of piperidine rings is 1. The number of hydrogen-bond donors (Lipinski definition) is 2. The Morgan fingerprint density at radius 3 is 2.52 bits per heavy atom. The van der Waals surface area contributed by atoms with Gasteiger partial charge in [0.05, 0.1) is 22.9 Å². The molecule has 1 aliphatic heterocycles. The summed E-state index contributed by atoms with van der Waals surface area (Å²) in [5.74, 6) is 0.845. The maximum Gasteiger partial charge on any atom is 0.211 e. The molecule has 7 nitrogen and oxygen atoms in total. The Morgan fingerprint density at radius 1 is 1.06 bits per heavy atom. The summed E-state index contributed by atoms with van der Waals surface area (Å²) in [6, 6.07) is 8.13. The Morgan fingerprint density at radius 2 is 1.81 bits per heavy atom. The number of benzene rings is 1. The first-order valence-corrected chi connectivity index (χ1v) is 11.9. The number of unbranched alkanes of at least 4 members (excludes halogenated alkanes) is 2. The summed E-state index contributed by atoms with van der Waals surface area (Å²) in [5.41, 5.74) is 13.4. The zero-order valence-corrected chi connectivity index (χ0v) is 19.5. The molecule has 1 aromatic carbocycles. The number of thiazole rings is 1. The first-order valence-electron chi connectivity index (χ1n) is 11.1. The molecule has 2 aromatic rings. The summed E-state index contributed by atoms with van der Waals surface area (Å²) in [7, 11) is 0. The number of aryl methyl sites for hydroxylation is 1. The van der Waals surface area contributed by atoms with Gasteiger partial charge in [0, 0.05) is 5.56 Å². The van der Waals surface area contributed by atoms with E-state index in [1.54, 1.807) is 11.3 Å². The number of ether oxygens (including phenoxy) is 1. The van der Waals surface area contributed by atoms with Crippen LogP contribution in [0.3, 0.4) is 0 Å². The van der Waals surface area contributed by atoms with Crippen molar-refractivity contribution in [3.63, 3.8) is 0 Å². The normalized spacial score (nSPS) is 15.1. The van der Waals surface area contributed by atoms with Crippen LogP contribution in [0.1, 0.15) is 56.0 Å². The molecule has 2 heterocycles. The van der Waals surface area contributed by atoms with Gasteiger partial charge in [0.1, 0.15) is 10.8 Å². The topological polar surface area (TPSA) is 102 Å². The standard InChI is InChI=1S/C23H34N6OS/c1-17-21(18(2)27-28-23(24)25)31-22(26-17)19-9-11-20(12-10-19)30-16-8-4-7-15-29-13-5-3-6-14-29/h9-12H,3-8,13-16H2,1-2H3,(H4,24,25,28)/b27-18+. The van der Waals surface area contributed by atoms with E-state index in [1.807, 2.05) is 26.0 Å². The molecule has 0 saturated carbocycles. The van der Waals surface area contributed by atoms with Gasteiger partial charge in [-0.1, -0.05) is 6.42 Å². The molecule has 1 aromatic heterocycles. The largest absolute Gasteiger partial charge is 0.494 e. The van der Waals surface area contributed by atoms with E-state index < -0.39 is 0 Å². The first kappa shape index (κ1) is 23.2. The molecule has 4 N–H and O–H groups in total.